The summed E-state index contributed by atoms with van der Waals surface area (Å²) in [5, 5.41) is -1.22. The van der Waals surface area contributed by atoms with Gasteiger partial charge in [-0.15, -0.1) is 0 Å². The van der Waals surface area contributed by atoms with Gasteiger partial charge in [-0.1, -0.05) is 18.2 Å². The van der Waals surface area contributed by atoms with Gasteiger partial charge in [-0.25, -0.2) is 12.8 Å². The summed E-state index contributed by atoms with van der Waals surface area (Å²) < 4.78 is 38.0. The molecule has 0 N–H and O–H groups in total. The van der Waals surface area contributed by atoms with Crippen molar-refractivity contribution in [3.05, 3.63) is 65.5 Å². The van der Waals surface area contributed by atoms with Crippen molar-refractivity contribution < 1.29 is 17.6 Å². The fraction of sp³-hybridized carbons (Fsp3) is 0.188. The highest BCUT2D eigenvalue weighted by Crippen LogP contribution is 2.22. The van der Waals surface area contributed by atoms with E-state index < -0.39 is 26.7 Å². The van der Waals surface area contributed by atoms with Crippen LogP contribution >= 0.6 is 0 Å². The summed E-state index contributed by atoms with van der Waals surface area (Å²) in [5.41, 5.74) is 0.775. The van der Waals surface area contributed by atoms with Gasteiger partial charge in [0.25, 0.3) is 0 Å². The third-order valence-electron chi connectivity index (χ3n) is 3.36. The Kier molecular flexibility index (Phi) is 4.23. The minimum absolute atomic E-state index is 0.146. The Hall–Kier alpha value is -2.01. The summed E-state index contributed by atoms with van der Waals surface area (Å²) in [5.74, 6) is -1.01. The highest BCUT2D eigenvalue weighted by atomic mass is 32.2. The summed E-state index contributed by atoms with van der Waals surface area (Å²) in [4.78, 5) is 12.4. The number of sulfone groups is 1. The van der Waals surface area contributed by atoms with E-state index in [1.165, 1.54) is 25.1 Å². The Balaban J connectivity index is 2.39. The number of Topliss-reactive ketones (excluding diaryl/α,β-unsaturated/α-hetero) is 1. The number of hydrogen-bond acceptors (Lipinski definition) is 3. The van der Waals surface area contributed by atoms with Gasteiger partial charge < -0.3 is 0 Å². The van der Waals surface area contributed by atoms with E-state index in [4.69, 9.17) is 0 Å². The van der Waals surface area contributed by atoms with E-state index in [-0.39, 0.29) is 10.5 Å². The zero-order chi connectivity index (χ0) is 15.6. The van der Waals surface area contributed by atoms with Crippen molar-refractivity contribution >= 4 is 15.6 Å². The molecule has 21 heavy (non-hydrogen) atoms. The molecule has 0 amide bonds. The molecule has 0 aliphatic heterocycles. The van der Waals surface area contributed by atoms with Gasteiger partial charge in [0.1, 0.15) is 11.1 Å². The van der Waals surface area contributed by atoms with Crippen molar-refractivity contribution in [3.63, 3.8) is 0 Å². The Morgan fingerprint density at radius 3 is 2.19 bits per heavy atom. The molecule has 2 aromatic carbocycles. The molecule has 2 aromatic rings. The van der Waals surface area contributed by atoms with Crippen molar-refractivity contribution in [2.45, 2.75) is 24.0 Å². The van der Waals surface area contributed by atoms with E-state index in [9.17, 15) is 17.6 Å². The summed E-state index contributed by atoms with van der Waals surface area (Å²) in [6.07, 6.45) is 0. The second kappa shape index (κ2) is 5.77. The number of ketones is 1. The number of carbonyl (C=O) groups is 1. The lowest BCUT2D eigenvalue weighted by Gasteiger charge is -2.14. The molecule has 0 aliphatic rings. The molecule has 0 heterocycles. The first kappa shape index (κ1) is 15.4. The van der Waals surface area contributed by atoms with Gasteiger partial charge in [0.05, 0.1) is 4.90 Å². The highest BCUT2D eigenvalue weighted by Gasteiger charge is 2.31. The van der Waals surface area contributed by atoms with Gasteiger partial charge in [-0.3, -0.25) is 4.79 Å². The van der Waals surface area contributed by atoms with E-state index in [0.717, 1.165) is 12.1 Å². The van der Waals surface area contributed by atoms with Crippen molar-refractivity contribution in [3.8, 4) is 0 Å². The van der Waals surface area contributed by atoms with Gasteiger partial charge in [-0.2, -0.15) is 0 Å². The Morgan fingerprint density at radius 1 is 1.05 bits per heavy atom. The molecule has 5 heteroatoms. The van der Waals surface area contributed by atoms with Crippen molar-refractivity contribution in [1.29, 1.82) is 0 Å². The van der Waals surface area contributed by atoms with Crippen LogP contribution in [0.1, 0.15) is 22.8 Å². The maximum atomic E-state index is 12.9. The molecule has 1 unspecified atom stereocenters. The zero-order valence-corrected chi connectivity index (χ0v) is 12.5. The minimum Gasteiger partial charge on any atom is -0.293 e. The summed E-state index contributed by atoms with van der Waals surface area (Å²) >= 11 is 0. The van der Waals surface area contributed by atoms with E-state index in [2.05, 4.69) is 0 Å². The predicted octanol–water partition coefficient (Wildman–Crippen LogP) is 3.18. The topological polar surface area (TPSA) is 51.2 Å². The van der Waals surface area contributed by atoms with Crippen LogP contribution in [0.25, 0.3) is 0 Å². The fourth-order valence-electron chi connectivity index (χ4n) is 2.06. The van der Waals surface area contributed by atoms with Gasteiger partial charge in [0.2, 0.25) is 0 Å². The van der Waals surface area contributed by atoms with Crippen LogP contribution in [-0.2, 0) is 9.84 Å². The minimum atomic E-state index is -3.77. The molecule has 1 atom stereocenters. The number of benzene rings is 2. The Morgan fingerprint density at radius 2 is 1.62 bits per heavy atom. The highest BCUT2D eigenvalue weighted by molar-refractivity contribution is 7.92. The Labute approximate surface area is 123 Å². The van der Waals surface area contributed by atoms with E-state index in [1.807, 2.05) is 0 Å². The van der Waals surface area contributed by atoms with Gasteiger partial charge in [-0.05, 0) is 49.7 Å². The molecule has 2 rings (SSSR count). The maximum absolute atomic E-state index is 12.9. The summed E-state index contributed by atoms with van der Waals surface area (Å²) in [6.45, 7) is 3.04. The molecule has 3 nitrogen and oxygen atoms in total. The molecule has 110 valence electrons. The lowest BCUT2D eigenvalue weighted by atomic mass is 10.1. The lowest BCUT2D eigenvalue weighted by Crippen LogP contribution is -2.28. The quantitative estimate of drug-likeness (QED) is 0.815. The SMILES string of the molecule is Cc1ccccc1S(=O)(=O)C(C)C(=O)c1ccc(F)cc1. The molecule has 0 spiro atoms. The number of carbonyl (C=O) groups excluding carboxylic acids is 1. The van der Waals surface area contributed by atoms with Crippen LogP contribution in [0.3, 0.4) is 0 Å². The molecular weight excluding hydrogens is 291 g/mol. The maximum Gasteiger partial charge on any atom is 0.188 e. The lowest BCUT2D eigenvalue weighted by molar-refractivity contribution is 0.0991. The van der Waals surface area contributed by atoms with E-state index >= 15 is 0 Å². The first-order chi connectivity index (χ1) is 9.84. The first-order valence-electron chi connectivity index (χ1n) is 6.43. The molecule has 0 saturated carbocycles. The number of rotatable bonds is 4. The van der Waals surface area contributed by atoms with Crippen LogP contribution in [0.5, 0.6) is 0 Å². The van der Waals surface area contributed by atoms with Crippen LogP contribution in [0.2, 0.25) is 0 Å². The molecule has 0 bridgehead atoms. The van der Waals surface area contributed by atoms with Gasteiger partial charge in [0, 0.05) is 5.56 Å². The number of aryl methyl sites for hydroxylation is 1. The van der Waals surface area contributed by atoms with E-state index in [1.54, 1.807) is 25.1 Å². The van der Waals surface area contributed by atoms with Gasteiger partial charge >= 0.3 is 0 Å². The summed E-state index contributed by atoms with van der Waals surface area (Å²) in [6, 6.07) is 11.4. The second-order valence-corrected chi connectivity index (χ2v) is 7.06. The Bertz CT molecular complexity index is 764. The van der Waals surface area contributed by atoms with Crippen LogP contribution in [0.4, 0.5) is 4.39 Å². The fourth-order valence-corrected chi connectivity index (χ4v) is 3.64. The van der Waals surface area contributed by atoms with Crippen LogP contribution in [0.15, 0.2) is 53.4 Å². The predicted molar refractivity (Wildman–Crippen MR) is 78.6 cm³/mol. The van der Waals surface area contributed by atoms with Gasteiger partial charge in [0.15, 0.2) is 15.6 Å². The average molecular weight is 306 g/mol. The number of hydrogen-bond donors (Lipinski definition) is 0. The van der Waals surface area contributed by atoms with Crippen LogP contribution in [0, 0.1) is 12.7 Å². The average Bonchev–Trinajstić information content (AvgIpc) is 2.46. The molecule has 0 aliphatic carbocycles. The standard InChI is InChI=1S/C16H15FO3S/c1-11-5-3-4-6-15(11)21(19,20)12(2)16(18)13-7-9-14(17)10-8-13/h3-10,12H,1-2H3. The molecule has 0 saturated heterocycles. The second-order valence-electron chi connectivity index (χ2n) is 4.82. The monoisotopic (exact) mass is 306 g/mol. The molecule has 0 radical (unpaired) electrons. The molecule has 0 aromatic heterocycles. The summed E-state index contributed by atoms with van der Waals surface area (Å²) in [7, 11) is -3.77. The molecule has 0 fully saturated rings. The van der Waals surface area contributed by atoms with Crippen molar-refractivity contribution in [2.75, 3.05) is 0 Å². The normalized spacial score (nSPS) is 12.9. The van der Waals surface area contributed by atoms with E-state index in [0.29, 0.717) is 5.56 Å². The van der Waals surface area contributed by atoms with Crippen LogP contribution in [-0.4, -0.2) is 19.5 Å². The zero-order valence-electron chi connectivity index (χ0n) is 11.7. The van der Waals surface area contributed by atoms with Crippen molar-refractivity contribution in [1.82, 2.24) is 0 Å². The largest absolute Gasteiger partial charge is 0.293 e. The third kappa shape index (κ3) is 3.03. The van der Waals surface area contributed by atoms with Crippen molar-refractivity contribution in [2.24, 2.45) is 0 Å². The smallest absolute Gasteiger partial charge is 0.188 e. The first-order valence-corrected chi connectivity index (χ1v) is 7.98. The number of halogens is 1. The molecular formula is C16H15FO3S. The van der Waals surface area contributed by atoms with Crippen LogP contribution < -0.4 is 0 Å². The third-order valence-corrected chi connectivity index (χ3v) is 5.58.